The Morgan fingerprint density at radius 1 is 1.07 bits per heavy atom. The predicted octanol–water partition coefficient (Wildman–Crippen LogP) is 4.15. The molecule has 1 amide bonds. The number of carbonyl (C=O) groups excluding carboxylic acids is 1. The molecule has 1 saturated heterocycles. The summed E-state index contributed by atoms with van der Waals surface area (Å²) in [6.45, 7) is 4.49. The second kappa shape index (κ2) is 10.6. The van der Waals surface area contributed by atoms with Crippen molar-refractivity contribution in [2.75, 3.05) is 52.3 Å². The van der Waals surface area contributed by atoms with Crippen LogP contribution in [-0.4, -0.2) is 63.3 Å². The molecule has 8 heteroatoms. The van der Waals surface area contributed by atoms with Gasteiger partial charge in [-0.1, -0.05) is 29.8 Å². The van der Waals surface area contributed by atoms with E-state index >= 15 is 0 Å². The fourth-order valence-electron chi connectivity index (χ4n) is 3.20. The molecule has 1 fully saturated rings. The van der Waals surface area contributed by atoms with Crippen LogP contribution in [0.1, 0.15) is 5.56 Å². The highest BCUT2D eigenvalue weighted by Gasteiger charge is 2.20. The molecule has 0 unspecified atom stereocenters. The fourth-order valence-corrected chi connectivity index (χ4v) is 3.45. The second-order valence-corrected chi connectivity index (χ2v) is 7.37. The molecule has 0 radical (unpaired) electrons. The molecule has 0 atom stereocenters. The minimum Gasteiger partial charge on any atom is -0.493 e. The fraction of sp³-hybridized carbons (Fsp3) is 0.381. The number of halogens is 2. The van der Waals surface area contributed by atoms with E-state index in [1.165, 1.54) is 4.90 Å². The smallest absolute Gasteiger partial charge is 0.414 e. The summed E-state index contributed by atoms with van der Waals surface area (Å²) in [4.78, 5) is 18.0. The van der Waals surface area contributed by atoms with Gasteiger partial charge < -0.3 is 19.3 Å². The maximum atomic E-state index is 11.9. The Hall–Kier alpha value is -2.15. The molecule has 0 bridgehead atoms. The zero-order valence-corrected chi connectivity index (χ0v) is 18.5. The summed E-state index contributed by atoms with van der Waals surface area (Å²) in [6.07, 6.45) is -0.427. The highest BCUT2D eigenvalue weighted by molar-refractivity contribution is 6.33. The topological polar surface area (TPSA) is 45.3 Å². The van der Waals surface area contributed by atoms with Crippen LogP contribution in [-0.2, 0) is 6.54 Å². The van der Waals surface area contributed by atoms with Crippen molar-refractivity contribution in [3.63, 3.8) is 0 Å². The summed E-state index contributed by atoms with van der Waals surface area (Å²) in [5.41, 5.74) is 2.17. The van der Waals surface area contributed by atoms with Crippen LogP contribution in [0.2, 0.25) is 5.02 Å². The number of nitrogens with zero attached hydrogens (tertiary/aromatic N) is 3. The predicted molar refractivity (Wildman–Crippen MR) is 119 cm³/mol. The minimum atomic E-state index is -0.427. The Labute approximate surface area is 183 Å². The van der Waals surface area contributed by atoms with Gasteiger partial charge in [-0.25, -0.2) is 4.79 Å². The molecular weight excluding hydrogens is 413 g/mol. The number of ether oxygens (including phenoxy) is 2. The van der Waals surface area contributed by atoms with Crippen molar-refractivity contribution < 1.29 is 14.3 Å². The first-order chi connectivity index (χ1) is 13.5. The van der Waals surface area contributed by atoms with Crippen LogP contribution in [0.25, 0.3) is 0 Å². The average Bonchev–Trinajstić information content (AvgIpc) is 2.69. The zero-order chi connectivity index (χ0) is 20.1. The summed E-state index contributed by atoms with van der Waals surface area (Å²) in [5.74, 6) is 0.982. The average molecular weight is 440 g/mol. The Kier molecular flexibility index (Phi) is 8.44. The maximum absolute atomic E-state index is 11.9. The number of amides is 1. The molecule has 0 saturated carbocycles. The van der Waals surface area contributed by atoms with Gasteiger partial charge in [-0.3, -0.25) is 4.90 Å². The van der Waals surface area contributed by atoms with E-state index < -0.39 is 6.09 Å². The molecule has 158 valence electrons. The molecular formula is C21H27Cl2N3O3. The summed E-state index contributed by atoms with van der Waals surface area (Å²) in [5, 5.41) is 0.790. The standard InChI is InChI=1S/C21H26ClN3O3.ClH/c1-23(2)21(26)28-20-14-16(8-9-19(20)27-3)15-24-10-12-25(13-11-24)18-7-5-4-6-17(18)22;/h4-9,14H,10-13,15H2,1-3H3;1H. The Morgan fingerprint density at radius 2 is 1.76 bits per heavy atom. The minimum absolute atomic E-state index is 0. The van der Waals surface area contributed by atoms with Gasteiger partial charge in [0.1, 0.15) is 0 Å². The molecule has 0 N–H and O–H groups in total. The van der Waals surface area contributed by atoms with Crippen LogP contribution in [0.3, 0.4) is 0 Å². The van der Waals surface area contributed by atoms with Gasteiger partial charge >= 0.3 is 6.09 Å². The number of anilines is 1. The van der Waals surface area contributed by atoms with Crippen molar-refractivity contribution in [2.45, 2.75) is 6.54 Å². The molecule has 29 heavy (non-hydrogen) atoms. The molecule has 2 aromatic rings. The summed E-state index contributed by atoms with van der Waals surface area (Å²) < 4.78 is 10.8. The Bertz CT molecular complexity index is 825. The molecule has 0 aromatic heterocycles. The number of hydrogen-bond acceptors (Lipinski definition) is 5. The lowest BCUT2D eigenvalue weighted by atomic mass is 10.1. The van der Waals surface area contributed by atoms with Crippen molar-refractivity contribution in [2.24, 2.45) is 0 Å². The number of benzene rings is 2. The number of para-hydroxylation sites is 1. The third-order valence-electron chi connectivity index (χ3n) is 4.76. The molecule has 1 aliphatic rings. The van der Waals surface area contributed by atoms with Gasteiger partial charge in [-0.05, 0) is 29.8 Å². The van der Waals surface area contributed by atoms with Crippen LogP contribution in [0.5, 0.6) is 11.5 Å². The largest absolute Gasteiger partial charge is 0.493 e. The quantitative estimate of drug-likeness (QED) is 0.699. The zero-order valence-electron chi connectivity index (χ0n) is 16.9. The van der Waals surface area contributed by atoms with Gasteiger partial charge in [0, 0.05) is 46.8 Å². The van der Waals surface area contributed by atoms with E-state index in [-0.39, 0.29) is 12.4 Å². The van der Waals surface area contributed by atoms with Crippen LogP contribution in [0.4, 0.5) is 10.5 Å². The van der Waals surface area contributed by atoms with Gasteiger partial charge in [-0.15, -0.1) is 12.4 Å². The van der Waals surface area contributed by atoms with Crippen molar-refractivity contribution in [1.82, 2.24) is 9.80 Å². The maximum Gasteiger partial charge on any atom is 0.414 e. The van der Waals surface area contributed by atoms with Crippen molar-refractivity contribution in [3.8, 4) is 11.5 Å². The van der Waals surface area contributed by atoms with E-state index in [4.69, 9.17) is 21.1 Å². The highest BCUT2D eigenvalue weighted by atomic mass is 35.5. The molecule has 0 aliphatic carbocycles. The molecule has 0 spiro atoms. The first-order valence-corrected chi connectivity index (χ1v) is 9.63. The Morgan fingerprint density at radius 3 is 2.38 bits per heavy atom. The van der Waals surface area contributed by atoms with Gasteiger partial charge in [-0.2, -0.15) is 0 Å². The first-order valence-electron chi connectivity index (χ1n) is 9.26. The lowest BCUT2D eigenvalue weighted by Crippen LogP contribution is -2.46. The number of hydrogen-bond donors (Lipinski definition) is 0. The first kappa shape index (κ1) is 23.1. The van der Waals surface area contributed by atoms with Crippen LogP contribution < -0.4 is 14.4 Å². The molecule has 1 aliphatic heterocycles. The van der Waals surface area contributed by atoms with Gasteiger partial charge in [0.25, 0.3) is 0 Å². The van der Waals surface area contributed by atoms with Crippen molar-refractivity contribution in [3.05, 3.63) is 53.1 Å². The normalized spacial score (nSPS) is 14.1. The van der Waals surface area contributed by atoms with Crippen molar-refractivity contribution in [1.29, 1.82) is 0 Å². The monoisotopic (exact) mass is 439 g/mol. The second-order valence-electron chi connectivity index (χ2n) is 6.96. The van der Waals surface area contributed by atoms with Crippen LogP contribution in [0.15, 0.2) is 42.5 Å². The third-order valence-corrected chi connectivity index (χ3v) is 5.08. The molecule has 2 aromatic carbocycles. The Balaban J connectivity index is 0.00000300. The summed E-state index contributed by atoms with van der Waals surface area (Å²) in [7, 11) is 4.87. The lowest BCUT2D eigenvalue weighted by molar-refractivity contribution is 0.170. The highest BCUT2D eigenvalue weighted by Crippen LogP contribution is 2.30. The third kappa shape index (κ3) is 5.92. The number of carbonyl (C=O) groups is 1. The van der Waals surface area contributed by atoms with E-state index in [1.54, 1.807) is 21.2 Å². The van der Waals surface area contributed by atoms with Crippen LogP contribution >= 0.6 is 24.0 Å². The number of rotatable bonds is 5. The van der Waals surface area contributed by atoms with Gasteiger partial charge in [0.15, 0.2) is 11.5 Å². The van der Waals surface area contributed by atoms with Gasteiger partial charge in [0.2, 0.25) is 0 Å². The summed E-state index contributed by atoms with van der Waals surface area (Å²) in [6, 6.07) is 13.7. The lowest BCUT2D eigenvalue weighted by Gasteiger charge is -2.36. The van der Waals surface area contributed by atoms with E-state index in [0.29, 0.717) is 11.5 Å². The van der Waals surface area contributed by atoms with E-state index in [2.05, 4.69) is 15.9 Å². The SMILES string of the molecule is COc1ccc(CN2CCN(c3ccccc3Cl)CC2)cc1OC(=O)N(C)C.Cl. The molecule has 3 rings (SSSR count). The van der Waals surface area contributed by atoms with Crippen LogP contribution in [0, 0.1) is 0 Å². The van der Waals surface area contributed by atoms with E-state index in [1.807, 2.05) is 36.4 Å². The van der Waals surface area contributed by atoms with Crippen molar-refractivity contribution >= 4 is 35.8 Å². The molecule has 1 heterocycles. The van der Waals surface area contributed by atoms with Gasteiger partial charge in [0.05, 0.1) is 17.8 Å². The summed E-state index contributed by atoms with van der Waals surface area (Å²) >= 11 is 6.32. The number of piperazine rings is 1. The van der Waals surface area contributed by atoms with E-state index in [9.17, 15) is 4.79 Å². The molecule has 6 nitrogen and oxygen atoms in total. The number of methoxy groups -OCH3 is 1. The van der Waals surface area contributed by atoms with E-state index in [0.717, 1.165) is 49.0 Å².